The van der Waals surface area contributed by atoms with Gasteiger partial charge >= 0.3 is 0 Å². The molecular weight excluding hydrogens is 266 g/mol. The van der Waals surface area contributed by atoms with Gasteiger partial charge in [-0.3, -0.25) is 0 Å². The van der Waals surface area contributed by atoms with Gasteiger partial charge in [-0.2, -0.15) is 0 Å². The molecule has 1 aliphatic rings. The summed E-state index contributed by atoms with van der Waals surface area (Å²) in [5.41, 5.74) is 7.69. The van der Waals surface area contributed by atoms with Crippen molar-refractivity contribution in [1.82, 2.24) is 4.98 Å². The molecule has 1 fully saturated rings. The maximum atomic E-state index is 5.85. The van der Waals surface area contributed by atoms with Crippen LogP contribution in [-0.4, -0.2) is 16.0 Å². The zero-order valence-corrected chi connectivity index (χ0v) is 12.4. The van der Waals surface area contributed by atoms with Crippen molar-refractivity contribution < 1.29 is 0 Å². The van der Waals surface area contributed by atoms with Crippen LogP contribution in [-0.2, 0) is 0 Å². The number of pyridine rings is 1. The van der Waals surface area contributed by atoms with Crippen LogP contribution in [0, 0.1) is 5.92 Å². The van der Waals surface area contributed by atoms with Gasteiger partial charge in [0.05, 0.1) is 5.52 Å². The van der Waals surface area contributed by atoms with Crippen molar-refractivity contribution in [2.45, 2.75) is 32.2 Å². The van der Waals surface area contributed by atoms with Crippen molar-refractivity contribution in [2.75, 3.05) is 5.32 Å². The minimum absolute atomic E-state index is 0.423. The number of thiocarbonyl (C=S) groups is 1. The van der Waals surface area contributed by atoms with E-state index in [1.165, 1.54) is 19.3 Å². The Morgan fingerprint density at radius 2 is 2.15 bits per heavy atom. The number of anilines is 1. The van der Waals surface area contributed by atoms with Crippen molar-refractivity contribution in [2.24, 2.45) is 11.7 Å². The van der Waals surface area contributed by atoms with Gasteiger partial charge in [0.1, 0.15) is 10.8 Å². The summed E-state index contributed by atoms with van der Waals surface area (Å²) in [6.07, 6.45) is 3.70. The second-order valence-electron chi connectivity index (χ2n) is 5.70. The number of nitrogens with zero attached hydrogens (tertiary/aromatic N) is 1. The summed E-state index contributed by atoms with van der Waals surface area (Å²) < 4.78 is 0. The first kappa shape index (κ1) is 13.3. The number of hydrogen-bond donors (Lipinski definition) is 2. The summed E-state index contributed by atoms with van der Waals surface area (Å²) >= 11 is 5.17. The molecule has 0 bridgehead atoms. The molecule has 104 valence electrons. The van der Waals surface area contributed by atoms with Gasteiger partial charge in [-0.25, -0.2) is 4.98 Å². The fraction of sp³-hybridized carbons (Fsp3) is 0.375. The molecule has 0 amide bonds. The standard InChI is InChI=1S/C16H19N3S/c1-10-6-7-11(8-10)18-15-9-13(16(17)20)12-4-2-3-5-14(12)19-15/h2-5,9-11H,6-8H2,1H3,(H2,17,20)(H,18,19). The molecule has 3 N–H and O–H groups in total. The average Bonchev–Trinajstić information content (AvgIpc) is 2.83. The Morgan fingerprint density at radius 1 is 1.35 bits per heavy atom. The van der Waals surface area contributed by atoms with E-state index in [9.17, 15) is 0 Å². The monoisotopic (exact) mass is 285 g/mol. The molecule has 0 spiro atoms. The number of hydrogen-bond acceptors (Lipinski definition) is 3. The summed E-state index contributed by atoms with van der Waals surface area (Å²) in [5.74, 6) is 1.67. The van der Waals surface area contributed by atoms with E-state index in [4.69, 9.17) is 18.0 Å². The molecule has 0 radical (unpaired) electrons. The Labute approximate surface area is 124 Å². The van der Waals surface area contributed by atoms with Crippen molar-refractivity contribution in [3.05, 3.63) is 35.9 Å². The lowest BCUT2D eigenvalue weighted by Crippen LogP contribution is -2.18. The normalized spacial score (nSPS) is 22.1. The van der Waals surface area contributed by atoms with E-state index < -0.39 is 0 Å². The van der Waals surface area contributed by atoms with Gasteiger partial charge in [0.2, 0.25) is 0 Å². The minimum atomic E-state index is 0.423. The van der Waals surface area contributed by atoms with Crippen LogP contribution < -0.4 is 11.1 Å². The number of rotatable bonds is 3. The van der Waals surface area contributed by atoms with E-state index in [2.05, 4.69) is 17.2 Å². The predicted molar refractivity (Wildman–Crippen MR) is 88.1 cm³/mol. The summed E-state index contributed by atoms with van der Waals surface area (Å²) in [6.45, 7) is 2.30. The highest BCUT2D eigenvalue weighted by atomic mass is 32.1. The van der Waals surface area contributed by atoms with E-state index in [1.54, 1.807) is 0 Å². The molecule has 0 saturated heterocycles. The molecule has 3 rings (SSSR count). The number of aromatic nitrogens is 1. The van der Waals surface area contributed by atoms with Crippen LogP contribution in [0.5, 0.6) is 0 Å². The minimum Gasteiger partial charge on any atom is -0.389 e. The van der Waals surface area contributed by atoms with Crippen LogP contribution in [0.1, 0.15) is 31.7 Å². The Morgan fingerprint density at radius 3 is 2.85 bits per heavy atom. The highest BCUT2D eigenvalue weighted by Crippen LogP contribution is 2.28. The van der Waals surface area contributed by atoms with Crippen molar-refractivity contribution in [3.8, 4) is 0 Å². The van der Waals surface area contributed by atoms with Gasteiger partial charge in [0, 0.05) is 17.0 Å². The van der Waals surface area contributed by atoms with Crippen LogP contribution in [0.4, 0.5) is 5.82 Å². The highest BCUT2D eigenvalue weighted by molar-refractivity contribution is 7.80. The third kappa shape index (κ3) is 2.61. The molecule has 4 heteroatoms. The second kappa shape index (κ2) is 5.37. The van der Waals surface area contributed by atoms with Crippen LogP contribution in [0.15, 0.2) is 30.3 Å². The summed E-state index contributed by atoms with van der Waals surface area (Å²) in [5, 5.41) is 4.55. The predicted octanol–water partition coefficient (Wildman–Crippen LogP) is 3.47. The molecule has 20 heavy (non-hydrogen) atoms. The van der Waals surface area contributed by atoms with E-state index in [-0.39, 0.29) is 0 Å². The Bertz CT molecular complexity index is 653. The number of fused-ring (bicyclic) bond motifs is 1. The average molecular weight is 285 g/mol. The summed E-state index contributed by atoms with van der Waals surface area (Å²) in [6, 6.07) is 10.5. The van der Waals surface area contributed by atoms with E-state index >= 15 is 0 Å². The van der Waals surface area contributed by atoms with Gasteiger partial charge in [-0.15, -0.1) is 0 Å². The lowest BCUT2D eigenvalue weighted by molar-refractivity contribution is 0.602. The molecule has 1 saturated carbocycles. The Kier molecular flexibility index (Phi) is 3.57. The number of benzene rings is 1. The topological polar surface area (TPSA) is 50.9 Å². The molecule has 2 atom stereocenters. The molecule has 1 aromatic heterocycles. The first-order valence-electron chi connectivity index (χ1n) is 7.09. The van der Waals surface area contributed by atoms with E-state index in [0.29, 0.717) is 11.0 Å². The maximum absolute atomic E-state index is 5.85. The zero-order valence-electron chi connectivity index (χ0n) is 11.6. The van der Waals surface area contributed by atoms with Gasteiger partial charge < -0.3 is 11.1 Å². The van der Waals surface area contributed by atoms with Crippen molar-refractivity contribution in [1.29, 1.82) is 0 Å². The van der Waals surface area contributed by atoms with Crippen LogP contribution in [0.3, 0.4) is 0 Å². The first-order chi connectivity index (χ1) is 9.63. The van der Waals surface area contributed by atoms with Gasteiger partial charge in [0.15, 0.2) is 0 Å². The van der Waals surface area contributed by atoms with E-state index in [1.807, 2.05) is 30.3 Å². The lowest BCUT2D eigenvalue weighted by Gasteiger charge is -2.15. The quantitative estimate of drug-likeness (QED) is 0.848. The SMILES string of the molecule is CC1CCC(Nc2cc(C(N)=S)c3ccccc3n2)C1. The smallest absolute Gasteiger partial charge is 0.127 e. The fourth-order valence-electron chi connectivity index (χ4n) is 3.00. The number of nitrogens with one attached hydrogen (secondary N) is 1. The zero-order chi connectivity index (χ0) is 14.1. The van der Waals surface area contributed by atoms with Crippen molar-refractivity contribution >= 4 is 33.9 Å². The maximum Gasteiger partial charge on any atom is 0.127 e. The molecule has 1 heterocycles. The second-order valence-corrected chi connectivity index (χ2v) is 6.14. The number of para-hydroxylation sites is 1. The molecule has 3 nitrogen and oxygen atoms in total. The third-order valence-electron chi connectivity index (χ3n) is 4.03. The van der Waals surface area contributed by atoms with Crippen molar-refractivity contribution in [3.63, 3.8) is 0 Å². The van der Waals surface area contributed by atoms with Gasteiger partial charge in [0.25, 0.3) is 0 Å². The fourth-order valence-corrected chi connectivity index (χ4v) is 3.17. The van der Waals surface area contributed by atoms with Crippen LogP contribution >= 0.6 is 12.2 Å². The Hall–Kier alpha value is -1.68. The Balaban J connectivity index is 1.97. The van der Waals surface area contributed by atoms with Crippen LogP contribution in [0.2, 0.25) is 0 Å². The molecule has 2 aromatic rings. The van der Waals surface area contributed by atoms with Crippen LogP contribution in [0.25, 0.3) is 10.9 Å². The van der Waals surface area contributed by atoms with Gasteiger partial charge in [-0.05, 0) is 37.3 Å². The summed E-state index contributed by atoms with van der Waals surface area (Å²) in [7, 11) is 0. The molecule has 2 unspecified atom stereocenters. The third-order valence-corrected chi connectivity index (χ3v) is 4.25. The molecule has 0 aliphatic heterocycles. The van der Waals surface area contributed by atoms with Gasteiger partial charge in [-0.1, -0.05) is 37.3 Å². The lowest BCUT2D eigenvalue weighted by atomic mass is 10.1. The first-order valence-corrected chi connectivity index (χ1v) is 7.50. The van der Waals surface area contributed by atoms with E-state index in [0.717, 1.165) is 28.2 Å². The highest BCUT2D eigenvalue weighted by Gasteiger charge is 2.21. The molecule has 1 aromatic carbocycles. The summed E-state index contributed by atoms with van der Waals surface area (Å²) in [4.78, 5) is 5.10. The molecule has 1 aliphatic carbocycles. The number of nitrogens with two attached hydrogens (primary N) is 1. The largest absolute Gasteiger partial charge is 0.389 e. The molecular formula is C16H19N3S.